The topological polar surface area (TPSA) is 55.6 Å². The molecule has 2 aromatic heterocycles. The van der Waals surface area contributed by atoms with E-state index in [1.54, 1.807) is 11.0 Å². The molecule has 0 radical (unpaired) electrons. The van der Waals surface area contributed by atoms with E-state index in [9.17, 15) is 0 Å². The van der Waals surface area contributed by atoms with Gasteiger partial charge in [-0.15, -0.1) is 0 Å². The third-order valence-corrected chi connectivity index (χ3v) is 4.32. The van der Waals surface area contributed by atoms with Crippen molar-refractivity contribution in [2.45, 2.75) is 32.6 Å². The van der Waals surface area contributed by atoms with E-state index in [1.165, 1.54) is 25.7 Å². The number of hydrogen-bond acceptors (Lipinski definition) is 4. The minimum atomic E-state index is 0.486. The lowest BCUT2D eigenvalue weighted by molar-refractivity contribution is 0.145. The predicted octanol–water partition coefficient (Wildman–Crippen LogP) is 2.36. The zero-order valence-electron chi connectivity index (χ0n) is 11.0. The number of aromatic nitrogens is 4. The largest absolute Gasteiger partial charge is 0.369 e. The maximum Gasteiger partial charge on any atom is 0.163 e. The molecule has 1 saturated carbocycles. The van der Waals surface area contributed by atoms with Gasteiger partial charge in [0, 0.05) is 13.6 Å². The highest BCUT2D eigenvalue weighted by atomic mass is 15.3. The Hall–Kier alpha value is -1.65. The van der Waals surface area contributed by atoms with Crippen LogP contribution in [-0.4, -0.2) is 26.3 Å². The van der Waals surface area contributed by atoms with E-state index >= 15 is 0 Å². The van der Waals surface area contributed by atoms with E-state index in [4.69, 9.17) is 0 Å². The lowest BCUT2D eigenvalue weighted by Gasteiger charge is -2.41. The number of anilines is 1. The number of hydrogen-bond donors (Lipinski definition) is 1. The Morgan fingerprint density at radius 1 is 1.39 bits per heavy atom. The molecule has 0 bridgehead atoms. The van der Waals surface area contributed by atoms with Gasteiger partial charge in [0.2, 0.25) is 0 Å². The molecule has 1 aliphatic rings. The van der Waals surface area contributed by atoms with Crippen LogP contribution < -0.4 is 5.32 Å². The number of nitrogens with one attached hydrogen (secondary N) is 1. The Morgan fingerprint density at radius 2 is 2.22 bits per heavy atom. The molecular weight excluding hydrogens is 226 g/mol. The summed E-state index contributed by atoms with van der Waals surface area (Å²) in [6, 6.07) is 0. The molecule has 0 amide bonds. The van der Waals surface area contributed by atoms with Crippen LogP contribution >= 0.6 is 0 Å². The van der Waals surface area contributed by atoms with Gasteiger partial charge in [0.25, 0.3) is 0 Å². The van der Waals surface area contributed by atoms with E-state index in [-0.39, 0.29) is 0 Å². The van der Waals surface area contributed by atoms with Crippen molar-refractivity contribution in [2.24, 2.45) is 12.5 Å². The fraction of sp³-hybridized carbons (Fsp3) is 0.615. The summed E-state index contributed by atoms with van der Waals surface area (Å²) in [6.07, 6.45) is 8.70. The summed E-state index contributed by atoms with van der Waals surface area (Å²) in [4.78, 5) is 8.59. The minimum Gasteiger partial charge on any atom is -0.369 e. The molecule has 0 saturated heterocycles. The Labute approximate surface area is 107 Å². The number of aryl methyl sites for hydroxylation is 1. The van der Waals surface area contributed by atoms with E-state index in [0.717, 1.165) is 23.4 Å². The van der Waals surface area contributed by atoms with E-state index < -0.39 is 0 Å². The van der Waals surface area contributed by atoms with Crippen molar-refractivity contribution < 1.29 is 0 Å². The van der Waals surface area contributed by atoms with Gasteiger partial charge in [-0.25, -0.2) is 9.97 Å². The molecule has 96 valence electrons. The summed E-state index contributed by atoms with van der Waals surface area (Å²) in [5.74, 6) is 0.910. The van der Waals surface area contributed by atoms with Crippen molar-refractivity contribution in [1.82, 2.24) is 19.7 Å². The van der Waals surface area contributed by atoms with Crippen LogP contribution in [0.3, 0.4) is 0 Å². The average Bonchev–Trinajstić information content (AvgIpc) is 2.72. The molecule has 1 N–H and O–H groups in total. The van der Waals surface area contributed by atoms with Crippen LogP contribution in [0, 0.1) is 5.41 Å². The summed E-state index contributed by atoms with van der Waals surface area (Å²) in [6.45, 7) is 3.28. The van der Waals surface area contributed by atoms with Crippen molar-refractivity contribution in [2.75, 3.05) is 11.9 Å². The smallest absolute Gasteiger partial charge is 0.163 e. The molecular formula is C13H19N5. The van der Waals surface area contributed by atoms with Gasteiger partial charge < -0.3 is 5.32 Å². The summed E-state index contributed by atoms with van der Waals surface area (Å²) in [5.41, 5.74) is 1.37. The third-order valence-electron chi connectivity index (χ3n) is 4.32. The fourth-order valence-corrected chi connectivity index (χ4v) is 2.71. The van der Waals surface area contributed by atoms with Crippen molar-refractivity contribution in [3.63, 3.8) is 0 Å². The van der Waals surface area contributed by atoms with Gasteiger partial charge in [-0.2, -0.15) is 5.10 Å². The molecule has 0 aromatic carbocycles. The average molecular weight is 245 g/mol. The Kier molecular flexibility index (Phi) is 2.69. The fourth-order valence-electron chi connectivity index (χ4n) is 2.71. The first-order chi connectivity index (χ1) is 8.74. The van der Waals surface area contributed by atoms with Crippen LogP contribution in [0.5, 0.6) is 0 Å². The molecule has 1 aliphatic carbocycles. The quantitative estimate of drug-likeness (QED) is 0.898. The third kappa shape index (κ3) is 1.74. The normalized spacial score (nSPS) is 17.7. The van der Waals surface area contributed by atoms with E-state index in [2.05, 4.69) is 27.3 Å². The van der Waals surface area contributed by atoms with Crippen molar-refractivity contribution >= 4 is 16.9 Å². The van der Waals surface area contributed by atoms with Gasteiger partial charge in [-0.3, -0.25) is 4.68 Å². The zero-order valence-corrected chi connectivity index (χ0v) is 11.0. The second kappa shape index (κ2) is 4.23. The molecule has 3 rings (SSSR count). The first-order valence-corrected chi connectivity index (χ1v) is 6.61. The van der Waals surface area contributed by atoms with Gasteiger partial charge >= 0.3 is 0 Å². The monoisotopic (exact) mass is 245 g/mol. The van der Waals surface area contributed by atoms with E-state index in [0.29, 0.717) is 5.41 Å². The minimum absolute atomic E-state index is 0.486. The molecule has 0 spiro atoms. The van der Waals surface area contributed by atoms with Crippen molar-refractivity contribution in [3.05, 3.63) is 12.5 Å². The standard InChI is InChI=1S/C13H19N5/c1-3-13(5-4-6-13)8-14-11-10-7-17-18(2)12(10)16-9-15-11/h7,9H,3-6,8H2,1-2H3,(H,14,15,16). The predicted molar refractivity (Wildman–Crippen MR) is 71.4 cm³/mol. The van der Waals surface area contributed by atoms with Gasteiger partial charge in [0.15, 0.2) is 5.65 Å². The van der Waals surface area contributed by atoms with Gasteiger partial charge in [0.1, 0.15) is 12.1 Å². The first kappa shape index (κ1) is 11.4. The molecule has 2 heterocycles. The highest BCUT2D eigenvalue weighted by Gasteiger charge is 2.34. The summed E-state index contributed by atoms with van der Waals surface area (Å²) in [7, 11) is 1.90. The van der Waals surface area contributed by atoms with Crippen LogP contribution in [0.25, 0.3) is 11.0 Å². The number of rotatable bonds is 4. The van der Waals surface area contributed by atoms with Crippen LogP contribution in [0.15, 0.2) is 12.5 Å². The summed E-state index contributed by atoms with van der Waals surface area (Å²) >= 11 is 0. The van der Waals surface area contributed by atoms with Crippen molar-refractivity contribution in [1.29, 1.82) is 0 Å². The van der Waals surface area contributed by atoms with Crippen LogP contribution in [0.1, 0.15) is 32.6 Å². The van der Waals surface area contributed by atoms with Gasteiger partial charge in [-0.05, 0) is 24.7 Å². The maximum atomic E-state index is 4.34. The molecule has 2 aromatic rings. The van der Waals surface area contributed by atoms with E-state index in [1.807, 2.05) is 13.2 Å². The summed E-state index contributed by atoms with van der Waals surface area (Å²) < 4.78 is 1.78. The van der Waals surface area contributed by atoms with Crippen LogP contribution in [0.2, 0.25) is 0 Å². The number of fused-ring (bicyclic) bond motifs is 1. The van der Waals surface area contributed by atoms with Crippen molar-refractivity contribution in [3.8, 4) is 0 Å². The second-order valence-electron chi connectivity index (χ2n) is 5.29. The van der Waals surface area contributed by atoms with Crippen LogP contribution in [0.4, 0.5) is 5.82 Å². The SMILES string of the molecule is CCC1(CNc2ncnc3c2cnn3C)CCC1. The highest BCUT2D eigenvalue weighted by molar-refractivity contribution is 5.85. The molecule has 18 heavy (non-hydrogen) atoms. The molecule has 5 nitrogen and oxygen atoms in total. The highest BCUT2D eigenvalue weighted by Crippen LogP contribution is 2.43. The molecule has 5 heteroatoms. The number of nitrogens with zero attached hydrogens (tertiary/aromatic N) is 4. The summed E-state index contributed by atoms with van der Waals surface area (Å²) in [5, 5.41) is 8.72. The maximum absolute atomic E-state index is 4.34. The molecule has 1 fully saturated rings. The lowest BCUT2D eigenvalue weighted by atomic mass is 9.67. The Morgan fingerprint density at radius 3 is 2.89 bits per heavy atom. The first-order valence-electron chi connectivity index (χ1n) is 6.61. The van der Waals surface area contributed by atoms with Crippen LogP contribution in [-0.2, 0) is 7.05 Å². The van der Waals surface area contributed by atoms with Gasteiger partial charge in [0.05, 0.1) is 11.6 Å². The van der Waals surface area contributed by atoms with Gasteiger partial charge in [-0.1, -0.05) is 13.3 Å². The lowest BCUT2D eigenvalue weighted by Crippen LogP contribution is -2.36. The zero-order chi connectivity index (χ0) is 12.6. The Balaban J connectivity index is 1.82. The second-order valence-corrected chi connectivity index (χ2v) is 5.29. The molecule has 0 aliphatic heterocycles. The molecule has 0 atom stereocenters. The Bertz CT molecular complexity index is 550. The molecule has 0 unspecified atom stereocenters.